The maximum absolute atomic E-state index is 13.8. The summed E-state index contributed by atoms with van der Waals surface area (Å²) in [4.78, 5) is 12.6. The molecule has 0 saturated heterocycles. The molecule has 1 aliphatic rings. The highest BCUT2D eigenvalue weighted by molar-refractivity contribution is 5.93. The van der Waals surface area contributed by atoms with Crippen LogP contribution >= 0.6 is 0 Å². The molecule has 1 heterocycles. The van der Waals surface area contributed by atoms with E-state index < -0.39 is 0 Å². The Labute approximate surface area is 147 Å². The molecule has 0 aliphatic heterocycles. The van der Waals surface area contributed by atoms with E-state index in [4.69, 9.17) is 0 Å². The van der Waals surface area contributed by atoms with Crippen molar-refractivity contribution in [1.29, 1.82) is 0 Å². The van der Waals surface area contributed by atoms with Gasteiger partial charge in [0.25, 0.3) is 5.91 Å². The highest BCUT2D eigenvalue weighted by Crippen LogP contribution is 2.19. The number of halogens is 1. The zero-order chi connectivity index (χ0) is 17.8. The minimum atomic E-state index is -0.298. The monoisotopic (exact) mass is 344 g/mol. The number of rotatable bonds is 3. The quantitative estimate of drug-likeness (QED) is 0.919. The predicted molar refractivity (Wildman–Crippen MR) is 94.4 cm³/mol. The van der Waals surface area contributed by atoms with E-state index in [0.29, 0.717) is 22.6 Å². The highest BCUT2D eigenvalue weighted by Gasteiger charge is 2.21. The largest absolute Gasteiger partial charge is 0.348 e. The van der Waals surface area contributed by atoms with Crippen molar-refractivity contribution in [3.05, 3.63) is 41.0 Å². The SMILES string of the molecule is Cc1ccc(-n2nnc(C(=O)NC3CCCCCCC3)c2C)cc1F. The molecule has 5 nitrogen and oxygen atoms in total. The average Bonchev–Trinajstić information content (AvgIpc) is 2.94. The Morgan fingerprint density at radius 2 is 1.84 bits per heavy atom. The van der Waals surface area contributed by atoms with Crippen molar-refractivity contribution >= 4 is 5.91 Å². The van der Waals surface area contributed by atoms with Gasteiger partial charge in [0, 0.05) is 6.04 Å². The molecule has 1 amide bonds. The van der Waals surface area contributed by atoms with E-state index in [1.165, 1.54) is 30.0 Å². The summed E-state index contributed by atoms with van der Waals surface area (Å²) < 4.78 is 15.3. The molecule has 0 radical (unpaired) electrons. The number of nitrogens with zero attached hydrogens (tertiary/aromatic N) is 3. The van der Waals surface area contributed by atoms with Crippen LogP contribution in [0.2, 0.25) is 0 Å². The normalized spacial score (nSPS) is 16.3. The fourth-order valence-electron chi connectivity index (χ4n) is 3.35. The lowest BCUT2D eigenvalue weighted by Gasteiger charge is -2.20. The van der Waals surface area contributed by atoms with E-state index in [0.717, 1.165) is 25.7 Å². The van der Waals surface area contributed by atoms with Crippen molar-refractivity contribution in [1.82, 2.24) is 20.3 Å². The van der Waals surface area contributed by atoms with Crippen LogP contribution in [0.3, 0.4) is 0 Å². The summed E-state index contributed by atoms with van der Waals surface area (Å²) in [6, 6.07) is 5.08. The van der Waals surface area contributed by atoms with Gasteiger partial charge in [-0.25, -0.2) is 9.07 Å². The van der Waals surface area contributed by atoms with Crippen LogP contribution in [0.1, 0.15) is 66.7 Å². The molecular weight excluding hydrogens is 319 g/mol. The summed E-state index contributed by atoms with van der Waals surface area (Å²) in [6.07, 6.45) is 8.10. The number of aromatic nitrogens is 3. The molecule has 6 heteroatoms. The molecule has 0 spiro atoms. The Morgan fingerprint density at radius 3 is 2.52 bits per heavy atom. The fraction of sp³-hybridized carbons (Fsp3) is 0.526. The third-order valence-electron chi connectivity index (χ3n) is 4.95. The van der Waals surface area contributed by atoms with Gasteiger partial charge in [-0.2, -0.15) is 0 Å². The summed E-state index contributed by atoms with van der Waals surface area (Å²) in [6.45, 7) is 3.49. The van der Waals surface area contributed by atoms with Crippen molar-refractivity contribution in [2.75, 3.05) is 0 Å². The molecule has 1 aromatic carbocycles. The van der Waals surface area contributed by atoms with Crippen LogP contribution in [0.15, 0.2) is 18.2 Å². The lowest BCUT2D eigenvalue weighted by molar-refractivity contribution is 0.0924. The second-order valence-corrected chi connectivity index (χ2v) is 6.88. The minimum Gasteiger partial charge on any atom is -0.348 e. The van der Waals surface area contributed by atoms with E-state index in [-0.39, 0.29) is 17.8 Å². The van der Waals surface area contributed by atoms with E-state index in [1.807, 2.05) is 0 Å². The van der Waals surface area contributed by atoms with Crippen LogP contribution in [0.4, 0.5) is 4.39 Å². The summed E-state index contributed by atoms with van der Waals surface area (Å²) >= 11 is 0. The number of hydrogen-bond acceptors (Lipinski definition) is 3. The second-order valence-electron chi connectivity index (χ2n) is 6.88. The molecule has 25 heavy (non-hydrogen) atoms. The van der Waals surface area contributed by atoms with Gasteiger partial charge >= 0.3 is 0 Å². The van der Waals surface area contributed by atoms with Gasteiger partial charge in [0.15, 0.2) is 5.69 Å². The van der Waals surface area contributed by atoms with E-state index >= 15 is 0 Å². The maximum Gasteiger partial charge on any atom is 0.273 e. The van der Waals surface area contributed by atoms with Crippen LogP contribution in [-0.2, 0) is 0 Å². The molecule has 2 aromatic rings. The summed E-state index contributed by atoms with van der Waals surface area (Å²) in [5, 5.41) is 11.2. The zero-order valence-corrected chi connectivity index (χ0v) is 14.9. The molecule has 3 rings (SSSR count). The third kappa shape index (κ3) is 4.06. The van der Waals surface area contributed by atoms with Crippen LogP contribution in [0.25, 0.3) is 5.69 Å². The third-order valence-corrected chi connectivity index (χ3v) is 4.95. The molecule has 0 unspecified atom stereocenters. The van der Waals surface area contributed by atoms with Crippen LogP contribution in [0, 0.1) is 19.7 Å². The van der Waals surface area contributed by atoms with E-state index in [1.54, 1.807) is 26.0 Å². The summed E-state index contributed by atoms with van der Waals surface area (Å²) in [7, 11) is 0. The van der Waals surface area contributed by atoms with Crippen LogP contribution < -0.4 is 5.32 Å². The second kappa shape index (κ2) is 7.76. The predicted octanol–water partition coefficient (Wildman–Crippen LogP) is 3.87. The molecule has 0 atom stereocenters. The number of carbonyl (C=O) groups is 1. The first-order valence-electron chi connectivity index (χ1n) is 9.06. The van der Waals surface area contributed by atoms with Crippen molar-refractivity contribution in [3.8, 4) is 5.69 Å². The lowest BCUT2D eigenvalue weighted by Crippen LogP contribution is -2.35. The maximum atomic E-state index is 13.8. The van der Waals surface area contributed by atoms with Gasteiger partial charge < -0.3 is 5.32 Å². The first kappa shape index (κ1) is 17.6. The first-order chi connectivity index (χ1) is 12.1. The van der Waals surface area contributed by atoms with Gasteiger partial charge in [-0.05, 0) is 44.4 Å². The van der Waals surface area contributed by atoms with Gasteiger partial charge in [0.2, 0.25) is 0 Å². The molecule has 1 aliphatic carbocycles. The first-order valence-corrected chi connectivity index (χ1v) is 9.06. The molecular formula is C19H25FN4O. The van der Waals surface area contributed by atoms with Crippen molar-refractivity contribution in [2.24, 2.45) is 0 Å². The summed E-state index contributed by atoms with van der Waals surface area (Å²) in [5.41, 5.74) is 2.07. The highest BCUT2D eigenvalue weighted by atomic mass is 19.1. The topological polar surface area (TPSA) is 59.8 Å². The molecule has 134 valence electrons. The van der Waals surface area contributed by atoms with Crippen LogP contribution in [0.5, 0.6) is 0 Å². The van der Waals surface area contributed by atoms with Gasteiger partial charge in [0.05, 0.1) is 11.4 Å². The van der Waals surface area contributed by atoms with Crippen molar-refractivity contribution < 1.29 is 9.18 Å². The zero-order valence-electron chi connectivity index (χ0n) is 14.9. The molecule has 1 saturated carbocycles. The molecule has 0 bridgehead atoms. The van der Waals surface area contributed by atoms with Gasteiger partial charge in [-0.15, -0.1) is 5.10 Å². The molecule has 1 N–H and O–H groups in total. The Hall–Kier alpha value is -2.24. The number of aryl methyl sites for hydroxylation is 1. The number of nitrogens with one attached hydrogen (secondary N) is 1. The summed E-state index contributed by atoms with van der Waals surface area (Å²) in [5.74, 6) is -0.491. The van der Waals surface area contributed by atoms with Crippen molar-refractivity contribution in [2.45, 2.75) is 64.8 Å². The minimum absolute atomic E-state index is 0.193. The average molecular weight is 344 g/mol. The number of hydrogen-bond donors (Lipinski definition) is 1. The lowest BCUT2D eigenvalue weighted by atomic mass is 9.96. The van der Waals surface area contributed by atoms with Gasteiger partial charge in [-0.1, -0.05) is 43.4 Å². The van der Waals surface area contributed by atoms with E-state index in [9.17, 15) is 9.18 Å². The molecule has 1 aromatic heterocycles. The Balaban J connectivity index is 1.75. The number of benzene rings is 1. The number of amides is 1. The smallest absolute Gasteiger partial charge is 0.273 e. The Kier molecular flexibility index (Phi) is 5.46. The van der Waals surface area contributed by atoms with Gasteiger partial charge in [-0.3, -0.25) is 4.79 Å². The van der Waals surface area contributed by atoms with Gasteiger partial charge in [0.1, 0.15) is 5.82 Å². The molecule has 1 fully saturated rings. The van der Waals surface area contributed by atoms with Crippen LogP contribution in [-0.4, -0.2) is 26.9 Å². The number of carbonyl (C=O) groups excluding carboxylic acids is 1. The van der Waals surface area contributed by atoms with Crippen molar-refractivity contribution in [3.63, 3.8) is 0 Å². The fourth-order valence-corrected chi connectivity index (χ4v) is 3.35. The Bertz CT molecular complexity index is 748. The Morgan fingerprint density at radius 1 is 1.16 bits per heavy atom. The standard InChI is InChI=1S/C19H25FN4O/c1-13-10-11-16(12-17(13)20)24-14(2)18(22-23-24)19(25)21-15-8-6-4-3-5-7-9-15/h10-12,15H,3-9H2,1-2H3,(H,21,25). The van der Waals surface area contributed by atoms with E-state index in [2.05, 4.69) is 15.6 Å².